The molecule has 0 saturated carbocycles. The summed E-state index contributed by atoms with van der Waals surface area (Å²) in [5.41, 5.74) is 1.81. The van der Waals surface area contributed by atoms with Crippen molar-refractivity contribution < 1.29 is 9.84 Å². The quantitative estimate of drug-likeness (QED) is 0.613. The van der Waals surface area contributed by atoms with Crippen LogP contribution in [0, 0.1) is 0 Å². The molecule has 2 rings (SSSR count). The molecule has 0 heterocycles. The number of hydrogen-bond acceptors (Lipinski definition) is 3. The second-order valence-corrected chi connectivity index (χ2v) is 6.74. The highest BCUT2D eigenvalue weighted by Crippen LogP contribution is 2.35. The van der Waals surface area contributed by atoms with E-state index < -0.39 is 0 Å². The lowest BCUT2D eigenvalue weighted by molar-refractivity contribution is 0.241. The van der Waals surface area contributed by atoms with Crippen LogP contribution in [-0.2, 0) is 6.54 Å². The molecule has 0 spiro atoms. The van der Waals surface area contributed by atoms with Crippen LogP contribution in [0.1, 0.15) is 19.4 Å². The Morgan fingerprint density at radius 2 is 1.82 bits per heavy atom. The molecule has 0 unspecified atom stereocenters. The van der Waals surface area contributed by atoms with Crippen LogP contribution in [0.2, 0.25) is 10.0 Å². The second-order valence-electron chi connectivity index (χ2n) is 5.07. The number of phenols is 1. The molecule has 0 fully saturated rings. The van der Waals surface area contributed by atoms with Gasteiger partial charge in [0, 0.05) is 12.2 Å². The molecule has 6 heteroatoms. The number of aromatic hydroxyl groups is 1. The Hall–Kier alpha value is -1.10. The van der Waals surface area contributed by atoms with Gasteiger partial charge in [0.05, 0.1) is 20.6 Å². The van der Waals surface area contributed by atoms with E-state index >= 15 is 0 Å². The molecule has 0 aliphatic rings. The number of ether oxygens (including phenoxy) is 1. The van der Waals surface area contributed by atoms with E-state index in [1.807, 2.05) is 32.0 Å². The minimum absolute atomic E-state index is 0.105. The number of halogens is 3. The minimum atomic E-state index is -0.105. The lowest BCUT2D eigenvalue weighted by Crippen LogP contribution is -2.06. The minimum Gasteiger partial charge on any atom is -0.505 e. The van der Waals surface area contributed by atoms with Crippen LogP contribution in [0.4, 0.5) is 5.69 Å². The van der Waals surface area contributed by atoms with Crippen LogP contribution in [0.15, 0.2) is 34.8 Å². The van der Waals surface area contributed by atoms with E-state index in [0.717, 1.165) is 21.5 Å². The van der Waals surface area contributed by atoms with E-state index in [9.17, 15) is 5.11 Å². The zero-order valence-corrected chi connectivity index (χ0v) is 15.3. The molecule has 0 atom stereocenters. The Morgan fingerprint density at radius 1 is 1.18 bits per heavy atom. The molecular formula is C16H16BrCl2NO2. The van der Waals surface area contributed by atoms with Crippen molar-refractivity contribution in [2.24, 2.45) is 0 Å². The van der Waals surface area contributed by atoms with E-state index in [4.69, 9.17) is 27.9 Å². The van der Waals surface area contributed by atoms with E-state index in [1.165, 1.54) is 0 Å². The standard InChI is InChI=1S/C16H16BrCl2NO2/c1-9(2)22-15-4-3-10(5-12(15)17)8-20-11-6-13(18)16(21)14(19)7-11/h3-7,9,20-21H,8H2,1-2H3. The van der Waals surface area contributed by atoms with Gasteiger partial charge in [-0.3, -0.25) is 0 Å². The molecule has 0 bridgehead atoms. The zero-order chi connectivity index (χ0) is 16.3. The van der Waals surface area contributed by atoms with Gasteiger partial charge in [0.2, 0.25) is 0 Å². The van der Waals surface area contributed by atoms with Gasteiger partial charge in [0.1, 0.15) is 5.75 Å². The smallest absolute Gasteiger partial charge is 0.152 e. The summed E-state index contributed by atoms with van der Waals surface area (Å²) in [6, 6.07) is 9.17. The van der Waals surface area contributed by atoms with Crippen molar-refractivity contribution in [2.45, 2.75) is 26.5 Å². The fourth-order valence-electron chi connectivity index (χ4n) is 1.88. The SMILES string of the molecule is CC(C)Oc1ccc(CNc2cc(Cl)c(O)c(Cl)c2)cc1Br. The van der Waals surface area contributed by atoms with Crippen molar-refractivity contribution in [1.29, 1.82) is 0 Å². The molecule has 0 radical (unpaired) electrons. The Bertz CT molecular complexity index is 654. The van der Waals surface area contributed by atoms with E-state index in [0.29, 0.717) is 6.54 Å². The highest BCUT2D eigenvalue weighted by Gasteiger charge is 2.08. The van der Waals surface area contributed by atoms with Crippen molar-refractivity contribution in [3.05, 3.63) is 50.4 Å². The molecule has 0 saturated heterocycles. The lowest BCUT2D eigenvalue weighted by Gasteiger charge is -2.13. The van der Waals surface area contributed by atoms with Gasteiger partial charge in [0.25, 0.3) is 0 Å². The molecule has 0 aromatic heterocycles. The number of anilines is 1. The first kappa shape index (κ1) is 17.3. The predicted molar refractivity (Wildman–Crippen MR) is 95.4 cm³/mol. The van der Waals surface area contributed by atoms with Gasteiger partial charge in [-0.05, 0) is 59.6 Å². The maximum absolute atomic E-state index is 9.54. The van der Waals surface area contributed by atoms with Crippen molar-refractivity contribution in [1.82, 2.24) is 0 Å². The fourth-order valence-corrected chi connectivity index (χ4v) is 2.88. The summed E-state index contributed by atoms with van der Waals surface area (Å²) >= 11 is 15.3. The molecule has 2 aromatic rings. The Kier molecular flexibility index (Phi) is 5.84. The van der Waals surface area contributed by atoms with Crippen LogP contribution in [0.3, 0.4) is 0 Å². The third-order valence-corrected chi connectivity index (χ3v) is 4.07. The van der Waals surface area contributed by atoms with Gasteiger partial charge in [-0.15, -0.1) is 0 Å². The molecular weight excluding hydrogens is 389 g/mol. The summed E-state index contributed by atoms with van der Waals surface area (Å²) in [4.78, 5) is 0. The molecule has 0 aliphatic heterocycles. The normalized spacial score (nSPS) is 10.8. The number of nitrogens with one attached hydrogen (secondary N) is 1. The van der Waals surface area contributed by atoms with Gasteiger partial charge >= 0.3 is 0 Å². The topological polar surface area (TPSA) is 41.5 Å². The molecule has 0 amide bonds. The van der Waals surface area contributed by atoms with Crippen molar-refractivity contribution in [3.8, 4) is 11.5 Å². The number of rotatable bonds is 5. The average molecular weight is 405 g/mol. The summed E-state index contributed by atoms with van der Waals surface area (Å²) in [5.74, 6) is 0.710. The summed E-state index contributed by atoms with van der Waals surface area (Å²) in [6.07, 6.45) is 0.126. The van der Waals surface area contributed by atoms with Crippen LogP contribution in [0.25, 0.3) is 0 Å². The van der Waals surface area contributed by atoms with E-state index in [1.54, 1.807) is 12.1 Å². The first-order valence-electron chi connectivity index (χ1n) is 6.73. The van der Waals surface area contributed by atoms with E-state index in [-0.39, 0.29) is 21.9 Å². The average Bonchev–Trinajstić information content (AvgIpc) is 2.44. The Labute approximate surface area is 148 Å². The van der Waals surface area contributed by atoms with Gasteiger partial charge in [-0.25, -0.2) is 0 Å². The van der Waals surface area contributed by atoms with Crippen molar-refractivity contribution >= 4 is 44.8 Å². The van der Waals surface area contributed by atoms with Gasteiger partial charge in [0.15, 0.2) is 5.75 Å². The Morgan fingerprint density at radius 3 is 2.36 bits per heavy atom. The molecule has 2 N–H and O–H groups in total. The molecule has 2 aromatic carbocycles. The largest absolute Gasteiger partial charge is 0.505 e. The van der Waals surface area contributed by atoms with Gasteiger partial charge in [-0.2, -0.15) is 0 Å². The summed E-state index contributed by atoms with van der Waals surface area (Å²) < 4.78 is 6.58. The number of hydrogen-bond donors (Lipinski definition) is 2. The first-order chi connectivity index (χ1) is 10.4. The Balaban J connectivity index is 2.07. The lowest BCUT2D eigenvalue weighted by atomic mass is 10.2. The summed E-state index contributed by atoms with van der Waals surface area (Å²) in [7, 11) is 0. The number of phenolic OH excluding ortho intramolecular Hbond substituents is 1. The molecule has 22 heavy (non-hydrogen) atoms. The van der Waals surface area contributed by atoms with Crippen molar-refractivity contribution in [3.63, 3.8) is 0 Å². The molecule has 3 nitrogen and oxygen atoms in total. The number of benzene rings is 2. The second kappa shape index (κ2) is 7.44. The predicted octanol–water partition coefficient (Wildman–Crippen LogP) is 5.86. The molecule has 118 valence electrons. The fraction of sp³-hybridized carbons (Fsp3) is 0.250. The van der Waals surface area contributed by atoms with Crippen LogP contribution >= 0.6 is 39.1 Å². The van der Waals surface area contributed by atoms with Crippen LogP contribution in [0.5, 0.6) is 11.5 Å². The van der Waals surface area contributed by atoms with Crippen LogP contribution in [-0.4, -0.2) is 11.2 Å². The van der Waals surface area contributed by atoms with Crippen LogP contribution < -0.4 is 10.1 Å². The maximum Gasteiger partial charge on any atom is 0.152 e. The monoisotopic (exact) mass is 403 g/mol. The van der Waals surface area contributed by atoms with Gasteiger partial charge in [-0.1, -0.05) is 29.3 Å². The third-order valence-electron chi connectivity index (χ3n) is 2.87. The summed E-state index contributed by atoms with van der Waals surface area (Å²) in [5, 5.41) is 13.2. The van der Waals surface area contributed by atoms with Gasteiger partial charge < -0.3 is 15.2 Å². The highest BCUT2D eigenvalue weighted by molar-refractivity contribution is 9.10. The van der Waals surface area contributed by atoms with Crippen molar-refractivity contribution in [2.75, 3.05) is 5.32 Å². The van der Waals surface area contributed by atoms with E-state index in [2.05, 4.69) is 21.2 Å². The maximum atomic E-state index is 9.54. The summed E-state index contributed by atoms with van der Waals surface area (Å²) in [6.45, 7) is 4.57. The third kappa shape index (κ3) is 4.45. The zero-order valence-electron chi connectivity index (χ0n) is 12.2. The highest BCUT2D eigenvalue weighted by atomic mass is 79.9. The first-order valence-corrected chi connectivity index (χ1v) is 8.28. The molecule has 0 aliphatic carbocycles.